The molecule has 0 atom stereocenters. The summed E-state index contributed by atoms with van der Waals surface area (Å²) in [5, 5.41) is 3.73. The molecule has 0 aromatic carbocycles. The Kier molecular flexibility index (Phi) is 1.81. The normalized spacial score (nSPS) is 18.6. The SMILES string of the molecule is CC(C)N1C=CSO1. The molecular formula is C5H9NOS. The molecule has 0 aliphatic carbocycles. The zero-order valence-electron chi connectivity index (χ0n) is 5.00. The molecule has 1 aliphatic rings. The first-order chi connectivity index (χ1) is 3.80. The van der Waals surface area contributed by atoms with Gasteiger partial charge in [-0.1, -0.05) is 0 Å². The molecule has 0 amide bonds. The molecule has 0 fully saturated rings. The maximum Gasteiger partial charge on any atom is 0.0535 e. The van der Waals surface area contributed by atoms with Crippen molar-refractivity contribution >= 4 is 12.0 Å². The molecule has 0 spiro atoms. The summed E-state index contributed by atoms with van der Waals surface area (Å²) in [5.41, 5.74) is 0. The smallest absolute Gasteiger partial charge is 0.0535 e. The van der Waals surface area contributed by atoms with Crippen molar-refractivity contribution in [2.75, 3.05) is 0 Å². The quantitative estimate of drug-likeness (QED) is 0.503. The van der Waals surface area contributed by atoms with Gasteiger partial charge in [-0.2, -0.15) is 4.28 Å². The molecule has 0 N–H and O–H groups in total. The lowest BCUT2D eigenvalue weighted by molar-refractivity contribution is -0.00456. The molecule has 0 saturated carbocycles. The summed E-state index contributed by atoms with van der Waals surface area (Å²) in [6.45, 7) is 4.16. The highest BCUT2D eigenvalue weighted by atomic mass is 32.2. The first-order valence-corrected chi connectivity index (χ1v) is 3.39. The Balaban J connectivity index is 2.36. The molecule has 3 heteroatoms. The van der Waals surface area contributed by atoms with Gasteiger partial charge >= 0.3 is 0 Å². The van der Waals surface area contributed by atoms with Gasteiger partial charge in [-0.3, -0.25) is 0 Å². The number of hydrogen-bond donors (Lipinski definition) is 0. The Morgan fingerprint density at radius 1 is 1.62 bits per heavy atom. The molecule has 0 saturated heterocycles. The monoisotopic (exact) mass is 131 g/mol. The van der Waals surface area contributed by atoms with E-state index >= 15 is 0 Å². The van der Waals surface area contributed by atoms with E-state index in [1.54, 1.807) is 0 Å². The first-order valence-electron chi connectivity index (χ1n) is 2.59. The topological polar surface area (TPSA) is 12.5 Å². The minimum Gasteiger partial charge on any atom is -0.245 e. The molecule has 2 nitrogen and oxygen atoms in total. The molecule has 0 aromatic heterocycles. The second kappa shape index (κ2) is 2.42. The Labute approximate surface area is 53.7 Å². The van der Waals surface area contributed by atoms with E-state index in [0.29, 0.717) is 6.04 Å². The molecule has 1 heterocycles. The Bertz CT molecular complexity index is 103. The van der Waals surface area contributed by atoms with Crippen molar-refractivity contribution < 1.29 is 4.28 Å². The van der Waals surface area contributed by atoms with Gasteiger partial charge in [-0.05, 0) is 13.8 Å². The van der Waals surface area contributed by atoms with Gasteiger partial charge in [0.2, 0.25) is 0 Å². The fraction of sp³-hybridized carbons (Fsp3) is 0.600. The van der Waals surface area contributed by atoms with Crippen molar-refractivity contribution in [2.45, 2.75) is 19.9 Å². The highest BCUT2D eigenvalue weighted by molar-refractivity contribution is 7.97. The third-order valence-electron chi connectivity index (χ3n) is 0.901. The Morgan fingerprint density at radius 3 is 2.62 bits per heavy atom. The number of hydrogen-bond acceptors (Lipinski definition) is 3. The number of rotatable bonds is 1. The highest BCUT2D eigenvalue weighted by Crippen LogP contribution is 2.18. The van der Waals surface area contributed by atoms with Crippen LogP contribution in [0, 0.1) is 0 Å². The van der Waals surface area contributed by atoms with Crippen molar-refractivity contribution in [3.63, 3.8) is 0 Å². The second-order valence-electron chi connectivity index (χ2n) is 1.91. The van der Waals surface area contributed by atoms with Crippen LogP contribution in [0.1, 0.15) is 13.8 Å². The second-order valence-corrected chi connectivity index (χ2v) is 2.52. The van der Waals surface area contributed by atoms with E-state index in [0.717, 1.165) is 0 Å². The van der Waals surface area contributed by atoms with E-state index in [1.807, 2.05) is 16.7 Å². The summed E-state index contributed by atoms with van der Waals surface area (Å²) in [7, 11) is 0. The van der Waals surface area contributed by atoms with Crippen LogP contribution >= 0.6 is 12.0 Å². The standard InChI is InChI=1S/C5H9NOS/c1-5(2)6-3-4-8-7-6/h3-5H,1-2H3. The average Bonchev–Trinajstić information content (AvgIpc) is 2.12. The van der Waals surface area contributed by atoms with E-state index in [9.17, 15) is 0 Å². The lowest BCUT2D eigenvalue weighted by Crippen LogP contribution is -2.19. The molecule has 46 valence electrons. The van der Waals surface area contributed by atoms with Gasteiger partial charge in [0.25, 0.3) is 0 Å². The zero-order valence-corrected chi connectivity index (χ0v) is 5.81. The molecule has 0 radical (unpaired) electrons. The van der Waals surface area contributed by atoms with Crippen molar-refractivity contribution in [1.82, 2.24) is 5.06 Å². The van der Waals surface area contributed by atoms with Crippen molar-refractivity contribution in [3.05, 3.63) is 11.6 Å². The average molecular weight is 131 g/mol. The zero-order chi connectivity index (χ0) is 5.98. The summed E-state index contributed by atoms with van der Waals surface area (Å²) in [6.07, 6.45) is 1.93. The van der Waals surface area contributed by atoms with Gasteiger partial charge < -0.3 is 0 Å². The molecule has 0 aromatic rings. The molecule has 1 rings (SSSR count). The van der Waals surface area contributed by atoms with Crippen LogP contribution in [0.5, 0.6) is 0 Å². The van der Waals surface area contributed by atoms with Crippen molar-refractivity contribution in [2.24, 2.45) is 0 Å². The maximum atomic E-state index is 5.05. The summed E-state index contributed by atoms with van der Waals surface area (Å²) in [4.78, 5) is 0. The van der Waals surface area contributed by atoms with Gasteiger partial charge in [-0.15, -0.1) is 0 Å². The lowest BCUT2D eigenvalue weighted by Gasteiger charge is -2.16. The molecule has 8 heavy (non-hydrogen) atoms. The van der Waals surface area contributed by atoms with Crippen LogP contribution in [0.25, 0.3) is 0 Å². The fourth-order valence-electron chi connectivity index (χ4n) is 0.442. The summed E-state index contributed by atoms with van der Waals surface area (Å²) < 4.78 is 5.05. The third-order valence-corrected chi connectivity index (χ3v) is 1.39. The predicted octanol–water partition coefficient (Wildman–Crippen LogP) is 1.76. The Hall–Kier alpha value is -0.150. The van der Waals surface area contributed by atoms with Crippen LogP contribution in [0.15, 0.2) is 11.6 Å². The predicted molar refractivity (Wildman–Crippen MR) is 34.8 cm³/mol. The van der Waals surface area contributed by atoms with Gasteiger partial charge in [0.05, 0.1) is 18.1 Å². The minimum atomic E-state index is 0.446. The van der Waals surface area contributed by atoms with Gasteiger partial charge in [-0.25, -0.2) is 5.06 Å². The lowest BCUT2D eigenvalue weighted by atomic mass is 10.4. The van der Waals surface area contributed by atoms with Gasteiger partial charge in [0.1, 0.15) is 0 Å². The summed E-state index contributed by atoms with van der Waals surface area (Å²) in [6, 6.07) is 0.446. The summed E-state index contributed by atoms with van der Waals surface area (Å²) in [5.74, 6) is 0. The van der Waals surface area contributed by atoms with E-state index in [1.165, 1.54) is 12.0 Å². The van der Waals surface area contributed by atoms with Crippen LogP contribution in [0.4, 0.5) is 0 Å². The van der Waals surface area contributed by atoms with Crippen LogP contribution in [0.2, 0.25) is 0 Å². The van der Waals surface area contributed by atoms with Crippen LogP contribution < -0.4 is 0 Å². The fourth-order valence-corrected chi connectivity index (χ4v) is 0.983. The number of nitrogens with zero attached hydrogens (tertiary/aromatic N) is 1. The molecule has 1 aliphatic heterocycles. The molecule has 0 unspecified atom stereocenters. The third kappa shape index (κ3) is 1.17. The first kappa shape index (κ1) is 5.98. The van der Waals surface area contributed by atoms with Crippen LogP contribution in [-0.2, 0) is 4.28 Å². The maximum absolute atomic E-state index is 5.05. The van der Waals surface area contributed by atoms with Crippen LogP contribution in [0.3, 0.4) is 0 Å². The van der Waals surface area contributed by atoms with Crippen LogP contribution in [-0.4, -0.2) is 11.1 Å². The van der Waals surface area contributed by atoms with E-state index in [4.69, 9.17) is 4.28 Å². The molecule has 0 bridgehead atoms. The largest absolute Gasteiger partial charge is 0.245 e. The van der Waals surface area contributed by atoms with Gasteiger partial charge in [0.15, 0.2) is 0 Å². The van der Waals surface area contributed by atoms with E-state index in [-0.39, 0.29) is 0 Å². The number of hydroxylamine groups is 2. The Morgan fingerprint density at radius 2 is 2.38 bits per heavy atom. The highest BCUT2D eigenvalue weighted by Gasteiger charge is 2.08. The van der Waals surface area contributed by atoms with Crippen molar-refractivity contribution in [1.29, 1.82) is 0 Å². The van der Waals surface area contributed by atoms with Crippen molar-refractivity contribution in [3.8, 4) is 0 Å². The minimum absolute atomic E-state index is 0.446. The van der Waals surface area contributed by atoms with E-state index in [2.05, 4.69) is 13.8 Å². The molecular weight excluding hydrogens is 122 g/mol. The summed E-state index contributed by atoms with van der Waals surface area (Å²) >= 11 is 1.36. The van der Waals surface area contributed by atoms with Gasteiger partial charge in [0, 0.05) is 11.6 Å². The van der Waals surface area contributed by atoms with E-state index < -0.39 is 0 Å².